The summed E-state index contributed by atoms with van der Waals surface area (Å²) in [6, 6.07) is 5.72. The highest BCUT2D eigenvalue weighted by Crippen LogP contribution is 2.34. The van der Waals surface area contributed by atoms with E-state index in [1.54, 1.807) is 24.5 Å². The Kier molecular flexibility index (Phi) is 6.63. The van der Waals surface area contributed by atoms with Crippen LogP contribution in [0.15, 0.2) is 41.3 Å². The molecule has 13 heteroatoms. The van der Waals surface area contributed by atoms with Gasteiger partial charge in [0.15, 0.2) is 0 Å². The molecule has 10 nitrogen and oxygen atoms in total. The number of rotatable bonds is 4. The van der Waals surface area contributed by atoms with Crippen molar-refractivity contribution >= 4 is 11.9 Å². The second-order valence-corrected chi connectivity index (χ2v) is 7.86. The lowest BCUT2D eigenvalue weighted by molar-refractivity contribution is -0.192. The normalized spacial score (nSPS) is 18.2. The van der Waals surface area contributed by atoms with Crippen LogP contribution in [0, 0.1) is 5.92 Å². The van der Waals surface area contributed by atoms with Crippen molar-refractivity contribution in [2.45, 2.75) is 25.1 Å². The lowest BCUT2D eigenvalue weighted by Gasteiger charge is -2.33. The molecule has 5 rings (SSSR count). The number of aromatic hydroxyl groups is 1. The number of hydrogen-bond acceptors (Lipinski definition) is 9. The van der Waals surface area contributed by atoms with Crippen molar-refractivity contribution in [2.24, 2.45) is 5.92 Å². The van der Waals surface area contributed by atoms with Crippen LogP contribution in [0.3, 0.4) is 0 Å². The van der Waals surface area contributed by atoms with Crippen LogP contribution in [0.1, 0.15) is 12.8 Å². The second kappa shape index (κ2) is 9.63. The second-order valence-electron chi connectivity index (χ2n) is 7.86. The van der Waals surface area contributed by atoms with E-state index in [1.165, 1.54) is 19.1 Å². The monoisotopic (exact) mass is 478 g/mol. The van der Waals surface area contributed by atoms with Crippen molar-refractivity contribution in [1.29, 1.82) is 0 Å². The molecule has 0 spiro atoms. The van der Waals surface area contributed by atoms with Crippen LogP contribution >= 0.6 is 0 Å². The molecule has 1 aromatic carbocycles. The van der Waals surface area contributed by atoms with Crippen LogP contribution in [-0.4, -0.2) is 68.2 Å². The smallest absolute Gasteiger partial charge is 0.490 e. The van der Waals surface area contributed by atoms with Gasteiger partial charge in [-0.2, -0.15) is 13.2 Å². The number of piperazine rings is 1. The lowest BCUT2D eigenvalue weighted by atomic mass is 10.1. The number of aromatic nitrogens is 4. The topological polar surface area (TPSA) is 138 Å². The Morgan fingerprint density at radius 2 is 1.97 bits per heavy atom. The molecule has 2 aromatic heterocycles. The first-order chi connectivity index (χ1) is 16.2. The number of carbonyl (C=O) groups is 1. The number of anilines is 1. The van der Waals surface area contributed by atoms with E-state index in [-0.39, 0.29) is 5.75 Å². The number of nitrogens with one attached hydrogen (secondary N) is 1. The predicted molar refractivity (Wildman–Crippen MR) is 113 cm³/mol. The number of phenolic OH excluding ortho intramolecular Hbond substituents is 1. The van der Waals surface area contributed by atoms with Gasteiger partial charge >= 0.3 is 12.1 Å². The Bertz CT molecular complexity index is 1120. The average Bonchev–Trinajstić information content (AvgIpc) is 3.53. The SMILES string of the molecule is O=C(O)C(F)(F)F.Oc1cc(-c2ncco2)ccc1-c1cnc(N2CCN[C@@H](C3CC3)C2)nn1. The minimum atomic E-state index is -5.08. The zero-order chi connectivity index (χ0) is 24.3. The Hall–Kier alpha value is -3.74. The van der Waals surface area contributed by atoms with Gasteiger partial charge in [-0.3, -0.25) is 0 Å². The van der Waals surface area contributed by atoms with Crippen molar-refractivity contribution in [3.63, 3.8) is 0 Å². The van der Waals surface area contributed by atoms with Crippen LogP contribution in [0.4, 0.5) is 19.1 Å². The van der Waals surface area contributed by atoms with E-state index < -0.39 is 12.1 Å². The Labute approximate surface area is 191 Å². The number of carboxylic acids is 1. The number of halogens is 3. The summed E-state index contributed by atoms with van der Waals surface area (Å²) in [7, 11) is 0. The molecule has 1 aliphatic carbocycles. The summed E-state index contributed by atoms with van der Waals surface area (Å²) >= 11 is 0. The fourth-order valence-corrected chi connectivity index (χ4v) is 3.56. The van der Waals surface area contributed by atoms with Gasteiger partial charge in [-0.1, -0.05) is 0 Å². The fourth-order valence-electron chi connectivity index (χ4n) is 3.56. The first-order valence-corrected chi connectivity index (χ1v) is 10.4. The largest absolute Gasteiger partial charge is 0.507 e. The maximum atomic E-state index is 10.6. The minimum absolute atomic E-state index is 0.0884. The third kappa shape index (κ3) is 5.60. The molecule has 3 N–H and O–H groups in total. The number of hydrogen-bond donors (Lipinski definition) is 3. The van der Waals surface area contributed by atoms with E-state index in [9.17, 15) is 18.3 Å². The molecule has 2 fully saturated rings. The Morgan fingerprint density at radius 1 is 1.21 bits per heavy atom. The van der Waals surface area contributed by atoms with Gasteiger partial charge in [-0.15, -0.1) is 10.2 Å². The molecule has 1 atom stereocenters. The maximum Gasteiger partial charge on any atom is 0.490 e. The van der Waals surface area contributed by atoms with Gasteiger partial charge in [-0.25, -0.2) is 14.8 Å². The molecular weight excluding hydrogens is 457 g/mol. The molecule has 0 radical (unpaired) electrons. The van der Waals surface area contributed by atoms with E-state index in [1.807, 2.05) is 6.07 Å². The van der Waals surface area contributed by atoms with Crippen LogP contribution in [0.25, 0.3) is 22.7 Å². The highest BCUT2D eigenvalue weighted by Gasteiger charge is 2.38. The summed E-state index contributed by atoms with van der Waals surface area (Å²) in [5.41, 5.74) is 1.81. The summed E-state index contributed by atoms with van der Waals surface area (Å²) in [5, 5.41) is 29.7. The molecule has 0 unspecified atom stereocenters. The number of nitrogens with zero attached hydrogens (tertiary/aromatic N) is 5. The number of aliphatic carboxylic acids is 1. The van der Waals surface area contributed by atoms with Gasteiger partial charge < -0.3 is 24.8 Å². The van der Waals surface area contributed by atoms with Crippen molar-refractivity contribution < 1.29 is 32.6 Å². The summed E-state index contributed by atoms with van der Waals surface area (Å²) in [6.45, 7) is 2.73. The van der Waals surface area contributed by atoms with Gasteiger partial charge in [0, 0.05) is 36.8 Å². The molecule has 0 amide bonds. The first kappa shape index (κ1) is 23.4. The number of alkyl halides is 3. The van der Waals surface area contributed by atoms with Crippen molar-refractivity contribution in [2.75, 3.05) is 24.5 Å². The summed E-state index contributed by atoms with van der Waals surface area (Å²) in [5.74, 6) is -0.778. The molecular formula is C21H21F3N6O4. The van der Waals surface area contributed by atoms with E-state index in [0.29, 0.717) is 34.7 Å². The zero-order valence-corrected chi connectivity index (χ0v) is 17.7. The molecule has 2 aliphatic rings. The van der Waals surface area contributed by atoms with E-state index in [2.05, 4.69) is 30.4 Å². The number of carboxylic acid groups (broad SMARTS) is 1. The quantitative estimate of drug-likeness (QED) is 0.513. The van der Waals surface area contributed by atoms with Gasteiger partial charge in [0.25, 0.3) is 0 Å². The van der Waals surface area contributed by atoms with Crippen molar-refractivity contribution in [3.8, 4) is 28.5 Å². The number of oxazole rings is 1. The van der Waals surface area contributed by atoms with E-state index >= 15 is 0 Å². The molecule has 3 aromatic rings. The molecule has 1 aliphatic heterocycles. The number of benzene rings is 1. The van der Waals surface area contributed by atoms with Crippen LogP contribution in [0.2, 0.25) is 0 Å². The summed E-state index contributed by atoms with van der Waals surface area (Å²) in [4.78, 5) is 19.7. The molecule has 1 saturated heterocycles. The third-order valence-corrected chi connectivity index (χ3v) is 5.42. The van der Waals surface area contributed by atoms with Gasteiger partial charge in [0.05, 0.1) is 12.4 Å². The third-order valence-electron chi connectivity index (χ3n) is 5.42. The van der Waals surface area contributed by atoms with Crippen molar-refractivity contribution in [3.05, 3.63) is 36.9 Å². The highest BCUT2D eigenvalue weighted by molar-refractivity contribution is 5.73. The van der Waals surface area contributed by atoms with Crippen LogP contribution in [0.5, 0.6) is 5.75 Å². The van der Waals surface area contributed by atoms with Gasteiger partial charge in [0.1, 0.15) is 17.7 Å². The van der Waals surface area contributed by atoms with Gasteiger partial charge in [-0.05, 0) is 37.0 Å². The molecule has 180 valence electrons. The summed E-state index contributed by atoms with van der Waals surface area (Å²) < 4.78 is 37.0. The van der Waals surface area contributed by atoms with E-state index in [0.717, 1.165) is 25.6 Å². The maximum absolute atomic E-state index is 10.6. The minimum Gasteiger partial charge on any atom is -0.507 e. The fraction of sp³-hybridized carbons (Fsp3) is 0.381. The van der Waals surface area contributed by atoms with Crippen LogP contribution in [-0.2, 0) is 4.79 Å². The first-order valence-electron chi connectivity index (χ1n) is 10.4. The standard InChI is InChI=1S/C19H20N6O2.C2HF3O2/c26-17-9-13(18-21-6-8-27-18)3-4-14(17)15-10-22-19(24-23-15)25-7-5-20-16(11-25)12-1-2-12;3-2(4,5)1(6)7/h3-4,6,8-10,12,16,20,26H,1-2,5,7,11H2;(H,6,7)/t16-;/m1./s1. The molecule has 34 heavy (non-hydrogen) atoms. The highest BCUT2D eigenvalue weighted by atomic mass is 19.4. The summed E-state index contributed by atoms with van der Waals surface area (Å²) in [6.07, 6.45) is 2.27. The van der Waals surface area contributed by atoms with Crippen molar-refractivity contribution in [1.82, 2.24) is 25.5 Å². The zero-order valence-electron chi connectivity index (χ0n) is 17.7. The number of phenols is 1. The van der Waals surface area contributed by atoms with Crippen LogP contribution < -0.4 is 10.2 Å². The van der Waals surface area contributed by atoms with Gasteiger partial charge in [0.2, 0.25) is 11.8 Å². The predicted octanol–water partition coefficient (Wildman–Crippen LogP) is 2.72. The molecule has 0 bridgehead atoms. The molecule has 1 saturated carbocycles. The van der Waals surface area contributed by atoms with E-state index in [4.69, 9.17) is 14.3 Å². The Morgan fingerprint density at radius 3 is 2.53 bits per heavy atom. The lowest BCUT2D eigenvalue weighted by Crippen LogP contribution is -2.52. The average molecular weight is 478 g/mol. The molecule has 3 heterocycles. The Balaban J connectivity index is 0.000000344.